The summed E-state index contributed by atoms with van der Waals surface area (Å²) in [6.45, 7) is 0. The summed E-state index contributed by atoms with van der Waals surface area (Å²) in [6.07, 6.45) is 0. The maximum atomic E-state index is 5.63. The molecule has 1 aromatic carbocycles. The number of benzene rings is 1. The first-order chi connectivity index (χ1) is 7.22. The van der Waals surface area contributed by atoms with Gasteiger partial charge in [0.05, 0.1) is 17.3 Å². The Kier molecular flexibility index (Phi) is 2.64. The highest BCUT2D eigenvalue weighted by Crippen LogP contribution is 2.31. The normalized spacial score (nSPS) is 10.3. The van der Waals surface area contributed by atoms with Crippen molar-refractivity contribution in [1.29, 1.82) is 0 Å². The molecular formula is C10H10BrN3O. The van der Waals surface area contributed by atoms with Gasteiger partial charge in [0.2, 0.25) is 0 Å². The van der Waals surface area contributed by atoms with Gasteiger partial charge in [0.15, 0.2) is 5.82 Å². The predicted octanol–water partition coefficient (Wildman–Crippen LogP) is 2.43. The van der Waals surface area contributed by atoms with Crippen LogP contribution in [-0.4, -0.2) is 17.3 Å². The molecule has 3 N–H and O–H groups in total. The number of rotatable bonds is 2. The number of nitrogens with two attached hydrogens (primary N) is 1. The molecule has 0 aliphatic rings. The smallest absolute Gasteiger partial charge is 0.160 e. The van der Waals surface area contributed by atoms with Crippen LogP contribution in [0.4, 0.5) is 5.82 Å². The quantitative estimate of drug-likeness (QED) is 0.879. The van der Waals surface area contributed by atoms with Gasteiger partial charge in [-0.25, -0.2) is 0 Å². The average Bonchev–Trinajstić information content (AvgIpc) is 2.60. The molecule has 0 saturated heterocycles. The Balaban J connectivity index is 2.49. The summed E-state index contributed by atoms with van der Waals surface area (Å²) in [4.78, 5) is 0. The lowest BCUT2D eigenvalue weighted by atomic mass is 10.1. The number of hydrogen-bond acceptors (Lipinski definition) is 3. The van der Waals surface area contributed by atoms with E-state index in [1.165, 1.54) is 0 Å². The summed E-state index contributed by atoms with van der Waals surface area (Å²) < 4.78 is 5.92. The van der Waals surface area contributed by atoms with Crippen molar-refractivity contribution in [1.82, 2.24) is 10.2 Å². The summed E-state index contributed by atoms with van der Waals surface area (Å²) in [5.74, 6) is 1.25. The number of halogens is 1. The lowest BCUT2D eigenvalue weighted by Gasteiger charge is -2.02. The molecule has 78 valence electrons. The van der Waals surface area contributed by atoms with E-state index in [0.717, 1.165) is 21.5 Å². The predicted molar refractivity (Wildman–Crippen MR) is 62.7 cm³/mol. The molecule has 0 unspecified atom stereocenters. The number of nitrogens with one attached hydrogen (secondary N) is 1. The lowest BCUT2D eigenvalue weighted by Crippen LogP contribution is -1.85. The molecule has 4 nitrogen and oxygen atoms in total. The molecule has 2 aromatic rings. The molecule has 0 aliphatic carbocycles. The number of H-pyrrole nitrogens is 1. The Bertz CT molecular complexity index is 481. The van der Waals surface area contributed by atoms with Gasteiger partial charge in [-0.3, -0.25) is 5.10 Å². The van der Waals surface area contributed by atoms with Crippen molar-refractivity contribution in [2.45, 2.75) is 0 Å². The van der Waals surface area contributed by atoms with Gasteiger partial charge >= 0.3 is 0 Å². The van der Waals surface area contributed by atoms with Crippen LogP contribution in [0.1, 0.15) is 0 Å². The van der Waals surface area contributed by atoms with E-state index in [2.05, 4.69) is 26.1 Å². The van der Waals surface area contributed by atoms with Crippen LogP contribution in [0, 0.1) is 0 Å². The van der Waals surface area contributed by atoms with Crippen LogP contribution in [-0.2, 0) is 0 Å². The molecule has 5 heteroatoms. The van der Waals surface area contributed by atoms with Crippen molar-refractivity contribution in [3.8, 4) is 17.0 Å². The third-order valence-electron chi connectivity index (χ3n) is 2.09. The molecule has 1 heterocycles. The van der Waals surface area contributed by atoms with Crippen molar-refractivity contribution in [2.75, 3.05) is 12.8 Å². The van der Waals surface area contributed by atoms with Crippen molar-refractivity contribution < 1.29 is 4.74 Å². The van der Waals surface area contributed by atoms with Crippen molar-refractivity contribution in [3.63, 3.8) is 0 Å². The zero-order valence-corrected chi connectivity index (χ0v) is 9.71. The standard InChI is InChI=1S/C10H10BrN3O/c1-15-7-4-2-3-6(5-7)9-8(11)10(12)14-13-9/h2-5H,1H3,(H3,12,13,14). The second-order valence-corrected chi connectivity index (χ2v) is 3.82. The van der Waals surface area contributed by atoms with E-state index in [1.54, 1.807) is 7.11 Å². The highest BCUT2D eigenvalue weighted by Gasteiger charge is 2.09. The second-order valence-electron chi connectivity index (χ2n) is 3.03. The Morgan fingerprint density at radius 3 is 2.87 bits per heavy atom. The SMILES string of the molecule is COc1cccc(-c2[nH]nc(N)c2Br)c1. The van der Waals surface area contributed by atoms with Crippen LogP contribution >= 0.6 is 15.9 Å². The maximum Gasteiger partial charge on any atom is 0.160 e. The highest BCUT2D eigenvalue weighted by molar-refractivity contribution is 9.10. The fourth-order valence-electron chi connectivity index (χ4n) is 1.31. The van der Waals surface area contributed by atoms with E-state index >= 15 is 0 Å². The summed E-state index contributed by atoms with van der Waals surface area (Å²) in [7, 11) is 1.63. The van der Waals surface area contributed by atoms with Crippen LogP contribution in [0.5, 0.6) is 5.75 Å². The zero-order chi connectivity index (χ0) is 10.8. The Labute approximate surface area is 95.6 Å². The second kappa shape index (κ2) is 3.94. The Morgan fingerprint density at radius 1 is 1.47 bits per heavy atom. The summed E-state index contributed by atoms with van der Waals surface area (Å²) in [5, 5.41) is 6.78. The van der Waals surface area contributed by atoms with E-state index in [9.17, 15) is 0 Å². The third kappa shape index (κ3) is 1.83. The maximum absolute atomic E-state index is 5.63. The van der Waals surface area contributed by atoms with E-state index in [1.807, 2.05) is 24.3 Å². The third-order valence-corrected chi connectivity index (χ3v) is 2.89. The minimum atomic E-state index is 0.452. The molecule has 0 bridgehead atoms. The Morgan fingerprint density at radius 2 is 2.27 bits per heavy atom. The van der Waals surface area contributed by atoms with Crippen molar-refractivity contribution in [2.24, 2.45) is 0 Å². The van der Waals surface area contributed by atoms with Crippen LogP contribution in [0.15, 0.2) is 28.7 Å². The van der Waals surface area contributed by atoms with Gasteiger partial charge in [0.25, 0.3) is 0 Å². The minimum Gasteiger partial charge on any atom is -0.497 e. The minimum absolute atomic E-state index is 0.452. The summed E-state index contributed by atoms with van der Waals surface area (Å²) in [5.41, 5.74) is 7.46. The average molecular weight is 268 g/mol. The molecule has 0 aliphatic heterocycles. The first kappa shape index (κ1) is 10.0. The van der Waals surface area contributed by atoms with Gasteiger partial charge in [-0.1, -0.05) is 12.1 Å². The Hall–Kier alpha value is -1.49. The number of nitrogens with zero attached hydrogens (tertiary/aromatic N) is 1. The molecule has 2 rings (SSSR count). The van der Waals surface area contributed by atoms with Crippen molar-refractivity contribution >= 4 is 21.7 Å². The molecule has 0 atom stereocenters. The number of methoxy groups -OCH3 is 1. The van der Waals surface area contributed by atoms with E-state index in [4.69, 9.17) is 10.5 Å². The van der Waals surface area contributed by atoms with Crippen molar-refractivity contribution in [3.05, 3.63) is 28.7 Å². The molecular weight excluding hydrogens is 258 g/mol. The first-order valence-corrected chi connectivity index (χ1v) is 5.15. The molecule has 0 fully saturated rings. The first-order valence-electron chi connectivity index (χ1n) is 4.36. The molecule has 0 spiro atoms. The van der Waals surface area contributed by atoms with Crippen LogP contribution < -0.4 is 10.5 Å². The van der Waals surface area contributed by atoms with E-state index in [-0.39, 0.29) is 0 Å². The molecule has 1 aromatic heterocycles. The van der Waals surface area contributed by atoms with Gasteiger partial charge in [-0.15, -0.1) is 0 Å². The topological polar surface area (TPSA) is 63.9 Å². The highest BCUT2D eigenvalue weighted by atomic mass is 79.9. The van der Waals surface area contributed by atoms with Gasteiger partial charge in [0, 0.05) is 5.56 Å². The van der Waals surface area contributed by atoms with Crippen LogP contribution in [0.2, 0.25) is 0 Å². The fourth-order valence-corrected chi connectivity index (χ4v) is 1.72. The fraction of sp³-hybridized carbons (Fsp3) is 0.100. The number of hydrogen-bond donors (Lipinski definition) is 2. The number of anilines is 1. The van der Waals surface area contributed by atoms with Gasteiger partial charge in [-0.05, 0) is 28.1 Å². The molecule has 0 saturated carbocycles. The number of aromatic amines is 1. The summed E-state index contributed by atoms with van der Waals surface area (Å²) in [6, 6.07) is 7.67. The number of aromatic nitrogens is 2. The number of nitrogen functional groups attached to an aromatic ring is 1. The van der Waals surface area contributed by atoms with Gasteiger partial charge < -0.3 is 10.5 Å². The van der Waals surface area contributed by atoms with Gasteiger partial charge in [-0.2, -0.15) is 5.10 Å². The number of ether oxygens (including phenoxy) is 1. The molecule has 0 amide bonds. The van der Waals surface area contributed by atoms with Crippen LogP contribution in [0.25, 0.3) is 11.3 Å². The van der Waals surface area contributed by atoms with Crippen LogP contribution in [0.3, 0.4) is 0 Å². The van der Waals surface area contributed by atoms with Gasteiger partial charge in [0.1, 0.15) is 5.75 Å². The lowest BCUT2D eigenvalue weighted by molar-refractivity contribution is 0.415. The van der Waals surface area contributed by atoms with E-state index in [0.29, 0.717) is 5.82 Å². The largest absolute Gasteiger partial charge is 0.497 e. The summed E-state index contributed by atoms with van der Waals surface area (Å²) >= 11 is 3.37. The van der Waals surface area contributed by atoms with E-state index < -0.39 is 0 Å². The monoisotopic (exact) mass is 267 g/mol. The molecule has 0 radical (unpaired) electrons. The zero-order valence-electron chi connectivity index (χ0n) is 8.12. The molecule has 15 heavy (non-hydrogen) atoms.